The fraction of sp³-hybridized carbons (Fsp3) is 0.263. The molecule has 1 atom stereocenters. The lowest BCUT2D eigenvalue weighted by atomic mass is 10.0. The number of nitrogens with zero attached hydrogens (tertiary/aromatic N) is 5. The molecule has 8 nitrogen and oxygen atoms in total. The van der Waals surface area contributed by atoms with Crippen LogP contribution >= 0.6 is 11.3 Å². The summed E-state index contributed by atoms with van der Waals surface area (Å²) in [5.74, 6) is -0.107. The van der Waals surface area contributed by atoms with Crippen molar-refractivity contribution in [3.8, 4) is 11.1 Å². The van der Waals surface area contributed by atoms with Crippen LogP contribution in [0.5, 0.6) is 0 Å². The first-order chi connectivity index (χ1) is 13.4. The molecule has 3 aromatic rings. The second-order valence-electron chi connectivity index (χ2n) is 6.73. The van der Waals surface area contributed by atoms with E-state index in [1.165, 1.54) is 11.8 Å². The summed E-state index contributed by atoms with van der Waals surface area (Å²) in [6, 6.07) is 5.27. The molecule has 3 heterocycles. The van der Waals surface area contributed by atoms with Crippen LogP contribution < -0.4 is 9.80 Å². The number of hydrogen-bond donors (Lipinski definition) is 1. The number of hydrogen-bond acceptors (Lipinski definition) is 5. The van der Waals surface area contributed by atoms with Gasteiger partial charge in [0.15, 0.2) is 0 Å². The van der Waals surface area contributed by atoms with Crippen molar-refractivity contribution in [3.63, 3.8) is 0 Å². The van der Waals surface area contributed by atoms with Gasteiger partial charge in [-0.15, -0.1) is 11.3 Å². The van der Waals surface area contributed by atoms with E-state index in [2.05, 4.69) is 10.1 Å². The molecule has 0 saturated heterocycles. The number of anilines is 2. The van der Waals surface area contributed by atoms with Crippen molar-refractivity contribution in [1.82, 2.24) is 14.8 Å². The van der Waals surface area contributed by atoms with Crippen LogP contribution in [-0.2, 0) is 11.3 Å². The largest absolute Gasteiger partial charge is 0.465 e. The van der Waals surface area contributed by atoms with Crippen LogP contribution in [0.4, 0.5) is 16.2 Å². The van der Waals surface area contributed by atoms with Gasteiger partial charge in [-0.2, -0.15) is 5.10 Å². The average molecular weight is 397 g/mol. The Morgan fingerprint density at radius 2 is 2.07 bits per heavy atom. The van der Waals surface area contributed by atoms with Crippen molar-refractivity contribution in [2.24, 2.45) is 0 Å². The molecular weight excluding hydrogens is 378 g/mol. The minimum atomic E-state index is -1.03. The van der Waals surface area contributed by atoms with Crippen molar-refractivity contribution in [1.29, 1.82) is 0 Å². The van der Waals surface area contributed by atoms with E-state index in [0.717, 1.165) is 16.0 Å². The lowest BCUT2D eigenvalue weighted by Gasteiger charge is -2.39. The molecule has 2 aromatic heterocycles. The lowest BCUT2D eigenvalue weighted by molar-refractivity contribution is -0.117. The molecule has 0 fully saturated rings. The molecule has 0 bridgehead atoms. The third-order valence-corrected chi connectivity index (χ3v) is 5.52. The quantitative estimate of drug-likeness (QED) is 0.732. The van der Waals surface area contributed by atoms with Gasteiger partial charge in [-0.05, 0) is 24.6 Å². The highest BCUT2D eigenvalue weighted by molar-refractivity contribution is 7.09. The van der Waals surface area contributed by atoms with Crippen LogP contribution in [0, 0.1) is 0 Å². The Hall–Kier alpha value is -3.20. The molecule has 0 radical (unpaired) electrons. The maximum atomic E-state index is 12.1. The van der Waals surface area contributed by atoms with Gasteiger partial charge in [0.25, 0.3) is 0 Å². The monoisotopic (exact) mass is 397 g/mol. The first-order valence-electron chi connectivity index (χ1n) is 8.78. The Bertz CT molecular complexity index is 1030. The van der Waals surface area contributed by atoms with Crippen LogP contribution in [0.3, 0.4) is 0 Å². The van der Waals surface area contributed by atoms with Crippen LogP contribution in [0.2, 0.25) is 0 Å². The number of rotatable bonds is 3. The molecule has 0 aliphatic carbocycles. The minimum absolute atomic E-state index is 0.107. The molecule has 1 aliphatic rings. The van der Waals surface area contributed by atoms with Gasteiger partial charge in [0.2, 0.25) is 5.91 Å². The van der Waals surface area contributed by atoms with Gasteiger partial charge >= 0.3 is 6.09 Å². The number of amides is 2. The van der Waals surface area contributed by atoms with E-state index in [-0.39, 0.29) is 18.5 Å². The second kappa shape index (κ2) is 7.08. The number of carboxylic acid groups (broad SMARTS) is 1. The van der Waals surface area contributed by atoms with Crippen molar-refractivity contribution in [2.45, 2.75) is 26.4 Å². The van der Waals surface area contributed by atoms with Gasteiger partial charge in [-0.25, -0.2) is 4.79 Å². The summed E-state index contributed by atoms with van der Waals surface area (Å²) < 4.78 is 1.82. The minimum Gasteiger partial charge on any atom is -0.465 e. The van der Waals surface area contributed by atoms with E-state index < -0.39 is 6.09 Å². The molecule has 0 spiro atoms. The van der Waals surface area contributed by atoms with E-state index in [4.69, 9.17) is 0 Å². The summed E-state index contributed by atoms with van der Waals surface area (Å²) in [5, 5.41) is 14.0. The van der Waals surface area contributed by atoms with Gasteiger partial charge < -0.3 is 10.0 Å². The predicted molar refractivity (Wildman–Crippen MR) is 107 cm³/mol. The predicted octanol–water partition coefficient (Wildman–Crippen LogP) is 3.29. The molecule has 4 rings (SSSR count). The molecule has 1 N–H and O–H groups in total. The Balaban J connectivity index is 1.71. The number of carbonyl (C=O) groups is 2. The van der Waals surface area contributed by atoms with E-state index in [9.17, 15) is 14.7 Å². The molecular formula is C19H19N5O3S. The number of fused-ring (bicyclic) bond motifs is 1. The first kappa shape index (κ1) is 18.2. The summed E-state index contributed by atoms with van der Waals surface area (Å²) in [4.78, 5) is 32.0. The highest BCUT2D eigenvalue weighted by atomic mass is 32.1. The molecule has 0 unspecified atom stereocenters. The molecule has 0 saturated carbocycles. The fourth-order valence-corrected chi connectivity index (χ4v) is 4.13. The van der Waals surface area contributed by atoms with Crippen LogP contribution in [0.25, 0.3) is 11.1 Å². The number of carbonyl (C=O) groups excluding carboxylic acids is 1. The zero-order chi connectivity index (χ0) is 19.8. The van der Waals surface area contributed by atoms with Crippen molar-refractivity contribution in [2.75, 3.05) is 16.3 Å². The molecule has 144 valence electrons. The fourth-order valence-electron chi connectivity index (χ4n) is 3.54. The summed E-state index contributed by atoms with van der Waals surface area (Å²) in [7, 11) is 0. The Labute approximate surface area is 165 Å². The molecule has 9 heteroatoms. The third-order valence-electron chi connectivity index (χ3n) is 4.75. The number of thiazole rings is 1. The van der Waals surface area contributed by atoms with Crippen molar-refractivity contribution >= 4 is 34.7 Å². The van der Waals surface area contributed by atoms with Gasteiger partial charge in [0.1, 0.15) is 0 Å². The average Bonchev–Trinajstić information content (AvgIpc) is 3.32. The molecule has 1 aliphatic heterocycles. The summed E-state index contributed by atoms with van der Waals surface area (Å²) >= 11 is 1.57. The highest BCUT2D eigenvalue weighted by Crippen LogP contribution is 2.38. The smallest absolute Gasteiger partial charge is 0.411 e. The SMILES string of the molecule is CC(=O)N1c2ccc(-c3cnn(Cc4cncs4)c3)cc2N(C(=O)O)C[C@@H]1C. The van der Waals surface area contributed by atoms with E-state index in [0.29, 0.717) is 17.9 Å². The Morgan fingerprint density at radius 3 is 2.75 bits per heavy atom. The third kappa shape index (κ3) is 3.24. The van der Waals surface area contributed by atoms with Gasteiger partial charge in [0.05, 0.1) is 35.7 Å². The topological polar surface area (TPSA) is 91.6 Å². The van der Waals surface area contributed by atoms with E-state index in [1.54, 1.807) is 40.1 Å². The maximum Gasteiger partial charge on any atom is 0.411 e. The number of benzene rings is 1. The maximum absolute atomic E-state index is 12.1. The van der Waals surface area contributed by atoms with Gasteiger partial charge in [-0.3, -0.25) is 19.4 Å². The lowest BCUT2D eigenvalue weighted by Crippen LogP contribution is -2.51. The summed E-state index contributed by atoms with van der Waals surface area (Å²) in [6.07, 6.45) is 4.45. The van der Waals surface area contributed by atoms with Crippen LogP contribution in [-0.4, -0.2) is 44.5 Å². The van der Waals surface area contributed by atoms with E-state index in [1.807, 2.05) is 30.1 Å². The summed E-state index contributed by atoms with van der Waals surface area (Å²) in [6.45, 7) is 4.20. The highest BCUT2D eigenvalue weighted by Gasteiger charge is 2.33. The Kier molecular flexibility index (Phi) is 4.60. The molecule has 1 aromatic carbocycles. The van der Waals surface area contributed by atoms with E-state index >= 15 is 0 Å². The zero-order valence-corrected chi connectivity index (χ0v) is 16.3. The van der Waals surface area contributed by atoms with Crippen LogP contribution in [0.15, 0.2) is 42.3 Å². The summed E-state index contributed by atoms with van der Waals surface area (Å²) in [5.41, 5.74) is 4.62. The second-order valence-corrected chi connectivity index (χ2v) is 7.70. The standard InChI is InChI=1S/C19H19N5O3S/c1-12-8-23(19(26)27)18-5-14(3-4-17(18)24(12)13(2)25)15-6-21-22(9-15)10-16-7-20-11-28-16/h3-7,9,11-12H,8,10H2,1-2H3,(H,26,27)/t12-/m0/s1. The van der Waals surface area contributed by atoms with Crippen molar-refractivity contribution in [3.05, 3.63) is 47.2 Å². The van der Waals surface area contributed by atoms with Crippen molar-refractivity contribution < 1.29 is 14.7 Å². The Morgan fingerprint density at radius 1 is 1.25 bits per heavy atom. The normalized spacial score (nSPS) is 16.1. The van der Waals surface area contributed by atoms with Gasteiger partial charge in [-0.1, -0.05) is 6.07 Å². The van der Waals surface area contributed by atoms with Gasteiger partial charge in [0, 0.05) is 36.3 Å². The zero-order valence-electron chi connectivity index (χ0n) is 15.4. The van der Waals surface area contributed by atoms with Crippen LogP contribution in [0.1, 0.15) is 18.7 Å². The number of aromatic nitrogens is 3. The first-order valence-corrected chi connectivity index (χ1v) is 9.66. The molecule has 2 amide bonds. The molecule has 28 heavy (non-hydrogen) atoms.